The topological polar surface area (TPSA) is 79.9 Å². The van der Waals surface area contributed by atoms with Crippen molar-refractivity contribution in [3.63, 3.8) is 0 Å². The number of anilines is 2. The van der Waals surface area contributed by atoms with Crippen molar-refractivity contribution in [2.24, 2.45) is 0 Å². The van der Waals surface area contributed by atoms with Crippen LogP contribution in [0.25, 0.3) is 0 Å². The van der Waals surface area contributed by atoms with Crippen LogP contribution in [0.1, 0.15) is 17.5 Å². The quantitative estimate of drug-likeness (QED) is 0.785. The SMILES string of the molecule is CN1C(=O)Cc2cc(C3(CCNC(=O)Nc4cccc(Cl)c4)OCCO3)ccc21. The number of urea groups is 1. The van der Waals surface area contributed by atoms with Crippen LogP contribution in [-0.4, -0.2) is 38.7 Å². The van der Waals surface area contributed by atoms with Gasteiger partial charge in [-0.15, -0.1) is 0 Å². The van der Waals surface area contributed by atoms with E-state index in [0.29, 0.717) is 43.3 Å². The number of carbonyl (C=O) groups excluding carboxylic acids is 2. The highest BCUT2D eigenvalue weighted by atomic mass is 35.5. The molecule has 2 aliphatic heterocycles. The molecule has 4 rings (SSSR count). The van der Waals surface area contributed by atoms with E-state index in [1.54, 1.807) is 36.2 Å². The number of likely N-dealkylation sites (N-methyl/N-ethyl adjacent to an activating group) is 1. The van der Waals surface area contributed by atoms with Crippen molar-refractivity contribution in [2.75, 3.05) is 37.0 Å². The summed E-state index contributed by atoms with van der Waals surface area (Å²) in [5.41, 5.74) is 3.34. The van der Waals surface area contributed by atoms with Gasteiger partial charge < -0.3 is 25.0 Å². The Morgan fingerprint density at radius 2 is 2.00 bits per heavy atom. The molecule has 2 heterocycles. The van der Waals surface area contributed by atoms with Crippen LogP contribution in [0.4, 0.5) is 16.2 Å². The van der Waals surface area contributed by atoms with Crippen LogP contribution >= 0.6 is 11.6 Å². The summed E-state index contributed by atoms with van der Waals surface area (Å²) in [4.78, 5) is 25.8. The van der Waals surface area contributed by atoms with E-state index in [1.165, 1.54) is 0 Å². The predicted molar refractivity (Wildman–Crippen MR) is 110 cm³/mol. The number of hydrogen-bond donors (Lipinski definition) is 2. The van der Waals surface area contributed by atoms with Crippen LogP contribution in [0.5, 0.6) is 0 Å². The molecule has 0 aliphatic carbocycles. The van der Waals surface area contributed by atoms with Crippen molar-refractivity contribution in [3.05, 3.63) is 58.6 Å². The van der Waals surface area contributed by atoms with Gasteiger partial charge in [0.1, 0.15) is 0 Å². The van der Waals surface area contributed by atoms with E-state index >= 15 is 0 Å². The van der Waals surface area contributed by atoms with Crippen LogP contribution in [0.15, 0.2) is 42.5 Å². The van der Waals surface area contributed by atoms with Gasteiger partial charge in [-0.25, -0.2) is 4.79 Å². The molecule has 29 heavy (non-hydrogen) atoms. The van der Waals surface area contributed by atoms with E-state index in [2.05, 4.69) is 10.6 Å². The third-order valence-electron chi connectivity index (χ3n) is 5.17. The number of nitrogens with one attached hydrogen (secondary N) is 2. The standard InChI is InChI=1S/C21H22ClN3O4/c1-25-18-6-5-15(11-14(18)12-19(25)26)21(28-9-10-29-21)7-8-23-20(27)24-17-4-2-3-16(22)13-17/h2-6,11,13H,7-10,12H2,1H3,(H2,23,24,27). The third kappa shape index (κ3) is 4.07. The highest BCUT2D eigenvalue weighted by Crippen LogP contribution is 2.38. The smallest absolute Gasteiger partial charge is 0.319 e. The zero-order chi connectivity index (χ0) is 20.4. The number of amides is 3. The average molecular weight is 416 g/mol. The van der Waals surface area contributed by atoms with Crippen LogP contribution in [0.3, 0.4) is 0 Å². The summed E-state index contributed by atoms with van der Waals surface area (Å²) in [6, 6.07) is 12.4. The summed E-state index contributed by atoms with van der Waals surface area (Å²) in [5, 5.41) is 6.12. The fourth-order valence-electron chi connectivity index (χ4n) is 3.70. The van der Waals surface area contributed by atoms with Crippen LogP contribution in [-0.2, 0) is 26.5 Å². The van der Waals surface area contributed by atoms with Crippen molar-refractivity contribution in [2.45, 2.75) is 18.6 Å². The highest BCUT2D eigenvalue weighted by Gasteiger charge is 2.39. The summed E-state index contributed by atoms with van der Waals surface area (Å²) >= 11 is 5.93. The molecular weight excluding hydrogens is 394 g/mol. The first-order valence-electron chi connectivity index (χ1n) is 9.45. The Morgan fingerprint density at radius 1 is 1.21 bits per heavy atom. The van der Waals surface area contributed by atoms with Crippen LogP contribution in [0.2, 0.25) is 5.02 Å². The van der Waals surface area contributed by atoms with Gasteiger partial charge >= 0.3 is 6.03 Å². The Balaban J connectivity index is 1.41. The molecule has 2 N–H and O–H groups in total. The fourth-order valence-corrected chi connectivity index (χ4v) is 3.89. The molecule has 0 atom stereocenters. The van der Waals surface area contributed by atoms with E-state index in [1.807, 2.05) is 18.2 Å². The summed E-state index contributed by atoms with van der Waals surface area (Å²) in [5.74, 6) is -0.860. The Hall–Kier alpha value is -2.61. The van der Waals surface area contributed by atoms with E-state index in [-0.39, 0.29) is 11.9 Å². The lowest BCUT2D eigenvalue weighted by atomic mass is 9.98. The molecule has 8 heteroatoms. The maximum Gasteiger partial charge on any atom is 0.319 e. The van der Waals surface area contributed by atoms with Gasteiger partial charge in [-0.2, -0.15) is 0 Å². The molecule has 0 unspecified atom stereocenters. The van der Waals surface area contributed by atoms with Crippen LogP contribution in [0, 0.1) is 0 Å². The first-order chi connectivity index (χ1) is 14.0. The molecule has 0 radical (unpaired) electrons. The molecule has 3 amide bonds. The van der Waals surface area contributed by atoms with Gasteiger partial charge in [0.25, 0.3) is 0 Å². The highest BCUT2D eigenvalue weighted by molar-refractivity contribution is 6.30. The number of nitrogens with zero attached hydrogens (tertiary/aromatic N) is 1. The normalized spacial score (nSPS) is 17.3. The number of hydrogen-bond acceptors (Lipinski definition) is 4. The molecule has 7 nitrogen and oxygen atoms in total. The second kappa shape index (κ2) is 8.02. The van der Waals surface area contributed by atoms with Gasteiger partial charge in [-0.3, -0.25) is 4.79 Å². The first-order valence-corrected chi connectivity index (χ1v) is 9.83. The molecule has 2 aromatic carbocycles. The first kappa shape index (κ1) is 19.7. The molecule has 0 spiro atoms. The average Bonchev–Trinajstić information content (AvgIpc) is 3.27. The lowest BCUT2D eigenvalue weighted by Crippen LogP contribution is -2.36. The second-order valence-corrected chi connectivity index (χ2v) is 7.50. The Labute approximate surface area is 173 Å². The molecule has 1 fully saturated rings. The summed E-state index contributed by atoms with van der Waals surface area (Å²) in [6.07, 6.45) is 0.814. The summed E-state index contributed by atoms with van der Waals surface area (Å²) < 4.78 is 11.9. The number of benzene rings is 2. The molecule has 1 saturated heterocycles. The predicted octanol–water partition coefficient (Wildman–Crippen LogP) is 3.27. The molecule has 0 aromatic heterocycles. The lowest BCUT2D eigenvalue weighted by Gasteiger charge is -2.28. The number of carbonyl (C=O) groups is 2. The van der Waals surface area contributed by atoms with Crippen molar-refractivity contribution in [1.29, 1.82) is 0 Å². The zero-order valence-electron chi connectivity index (χ0n) is 16.0. The summed E-state index contributed by atoms with van der Waals surface area (Å²) in [6.45, 7) is 1.30. The summed E-state index contributed by atoms with van der Waals surface area (Å²) in [7, 11) is 1.77. The lowest BCUT2D eigenvalue weighted by molar-refractivity contribution is -0.169. The molecule has 2 aliphatic rings. The van der Waals surface area contributed by atoms with Gasteiger partial charge in [0.15, 0.2) is 5.79 Å². The zero-order valence-corrected chi connectivity index (χ0v) is 16.8. The van der Waals surface area contributed by atoms with Gasteiger partial charge in [0.05, 0.1) is 19.6 Å². The Bertz CT molecular complexity index is 943. The maximum atomic E-state index is 12.2. The Kier molecular flexibility index (Phi) is 5.45. The minimum absolute atomic E-state index is 0.0683. The number of halogens is 1. The van der Waals surface area contributed by atoms with Crippen molar-refractivity contribution in [1.82, 2.24) is 5.32 Å². The van der Waals surface area contributed by atoms with E-state index < -0.39 is 5.79 Å². The minimum atomic E-state index is -0.928. The van der Waals surface area contributed by atoms with Gasteiger partial charge in [-0.1, -0.05) is 23.7 Å². The Morgan fingerprint density at radius 3 is 2.76 bits per heavy atom. The molecule has 0 bridgehead atoms. The van der Waals surface area contributed by atoms with E-state index in [0.717, 1.165) is 16.8 Å². The second-order valence-electron chi connectivity index (χ2n) is 7.06. The van der Waals surface area contributed by atoms with Crippen molar-refractivity contribution in [3.8, 4) is 0 Å². The number of ether oxygens (including phenoxy) is 2. The van der Waals surface area contributed by atoms with Crippen molar-refractivity contribution < 1.29 is 19.1 Å². The number of rotatable bonds is 5. The van der Waals surface area contributed by atoms with Gasteiger partial charge in [-0.05, 0) is 35.9 Å². The van der Waals surface area contributed by atoms with E-state index in [9.17, 15) is 9.59 Å². The van der Waals surface area contributed by atoms with Gasteiger partial charge in [0.2, 0.25) is 5.91 Å². The largest absolute Gasteiger partial charge is 0.343 e. The van der Waals surface area contributed by atoms with Crippen LogP contribution < -0.4 is 15.5 Å². The molecular formula is C21H22ClN3O4. The number of fused-ring (bicyclic) bond motifs is 1. The monoisotopic (exact) mass is 415 g/mol. The maximum absolute atomic E-state index is 12.2. The van der Waals surface area contributed by atoms with E-state index in [4.69, 9.17) is 21.1 Å². The minimum Gasteiger partial charge on any atom is -0.343 e. The third-order valence-corrected chi connectivity index (χ3v) is 5.41. The molecule has 2 aromatic rings. The molecule has 152 valence electrons. The van der Waals surface area contributed by atoms with Crippen molar-refractivity contribution >= 4 is 34.9 Å². The molecule has 0 saturated carbocycles. The fraction of sp³-hybridized carbons (Fsp3) is 0.333. The van der Waals surface area contributed by atoms with Gasteiger partial charge in [0, 0.05) is 42.0 Å².